The van der Waals surface area contributed by atoms with E-state index in [9.17, 15) is 5.11 Å². The molecule has 0 saturated carbocycles. The third-order valence-corrected chi connectivity index (χ3v) is 3.79. The molecule has 0 aromatic carbocycles. The Kier molecular flexibility index (Phi) is 5.13. The fraction of sp³-hybridized carbons (Fsp3) is 0.600. The number of aliphatic hydroxyl groups is 1. The Bertz CT molecular complexity index is 591. The van der Waals surface area contributed by atoms with Crippen molar-refractivity contribution in [3.8, 4) is 0 Å². The third kappa shape index (κ3) is 4.62. The molecule has 21 heavy (non-hydrogen) atoms. The van der Waals surface area contributed by atoms with E-state index in [4.69, 9.17) is 0 Å². The molecule has 0 radical (unpaired) electrons. The predicted octanol–water partition coefficient (Wildman–Crippen LogP) is 2.72. The van der Waals surface area contributed by atoms with E-state index in [2.05, 4.69) is 28.3 Å². The number of nitrogens with one attached hydrogen (secondary N) is 1. The molecule has 5 nitrogen and oxygen atoms in total. The van der Waals surface area contributed by atoms with Crippen LogP contribution in [0.4, 0.5) is 5.82 Å². The summed E-state index contributed by atoms with van der Waals surface area (Å²) in [6.45, 7) is 7.86. The highest BCUT2D eigenvalue weighted by Gasteiger charge is 2.17. The molecule has 0 aliphatic heterocycles. The van der Waals surface area contributed by atoms with Gasteiger partial charge in [-0.1, -0.05) is 6.92 Å². The zero-order valence-electron chi connectivity index (χ0n) is 13.2. The molecule has 2 rings (SSSR count). The first kappa shape index (κ1) is 16.1. The Morgan fingerprint density at radius 3 is 2.81 bits per heavy atom. The lowest BCUT2D eigenvalue weighted by Gasteiger charge is -2.24. The lowest BCUT2D eigenvalue weighted by Crippen LogP contribution is -2.36. The summed E-state index contributed by atoms with van der Waals surface area (Å²) in [6.07, 6.45) is 1.06. The van der Waals surface area contributed by atoms with E-state index in [1.54, 1.807) is 25.2 Å². The summed E-state index contributed by atoms with van der Waals surface area (Å²) in [4.78, 5) is 12.3. The molecule has 0 fully saturated rings. The number of aromatic nitrogens is 2. The van der Waals surface area contributed by atoms with Crippen LogP contribution in [-0.4, -0.2) is 45.7 Å². The molecule has 0 saturated heterocycles. The topological polar surface area (TPSA) is 61.3 Å². The molecule has 0 spiro atoms. The average molecular weight is 308 g/mol. The maximum Gasteiger partial charge on any atom is 0.146 e. The Morgan fingerprint density at radius 1 is 1.38 bits per heavy atom. The number of fused-ring (bicyclic) bond motifs is 1. The van der Waals surface area contributed by atoms with Gasteiger partial charge in [-0.15, -0.1) is 11.3 Å². The van der Waals surface area contributed by atoms with E-state index in [0.29, 0.717) is 13.1 Å². The average Bonchev–Trinajstić information content (AvgIpc) is 2.81. The minimum absolute atomic E-state index is 0.580. The van der Waals surface area contributed by atoms with Crippen LogP contribution in [0, 0.1) is 0 Å². The molecule has 2 aromatic heterocycles. The molecule has 116 valence electrons. The summed E-state index contributed by atoms with van der Waals surface area (Å²) in [5.74, 6) is 1.70. The summed E-state index contributed by atoms with van der Waals surface area (Å²) in [7, 11) is 1.97. The maximum absolute atomic E-state index is 9.88. The van der Waals surface area contributed by atoms with E-state index in [1.165, 1.54) is 0 Å². The van der Waals surface area contributed by atoms with Crippen molar-refractivity contribution in [1.29, 1.82) is 0 Å². The van der Waals surface area contributed by atoms with Gasteiger partial charge >= 0.3 is 0 Å². The van der Waals surface area contributed by atoms with E-state index < -0.39 is 5.60 Å². The van der Waals surface area contributed by atoms with Gasteiger partial charge in [0, 0.05) is 13.1 Å². The van der Waals surface area contributed by atoms with Gasteiger partial charge in [-0.2, -0.15) is 0 Å². The van der Waals surface area contributed by atoms with Crippen molar-refractivity contribution in [3.05, 3.63) is 17.3 Å². The van der Waals surface area contributed by atoms with Crippen molar-refractivity contribution in [2.75, 3.05) is 25.5 Å². The molecule has 0 aliphatic carbocycles. The fourth-order valence-corrected chi connectivity index (χ4v) is 3.09. The largest absolute Gasteiger partial charge is 0.389 e. The number of thiophene rings is 1. The highest BCUT2D eigenvalue weighted by Crippen LogP contribution is 2.25. The van der Waals surface area contributed by atoms with Crippen LogP contribution in [0.2, 0.25) is 0 Å². The minimum atomic E-state index is -0.717. The summed E-state index contributed by atoms with van der Waals surface area (Å²) in [6, 6.07) is 2.06. The number of likely N-dealkylation sites (N-methyl/N-ethyl adjacent to an activating group) is 1. The van der Waals surface area contributed by atoms with Crippen molar-refractivity contribution < 1.29 is 5.11 Å². The van der Waals surface area contributed by atoms with Gasteiger partial charge in [0.1, 0.15) is 16.5 Å². The summed E-state index contributed by atoms with van der Waals surface area (Å²) < 4.78 is 0. The van der Waals surface area contributed by atoms with Crippen LogP contribution in [-0.2, 0) is 6.54 Å². The summed E-state index contributed by atoms with van der Waals surface area (Å²) in [5.41, 5.74) is -0.717. The molecule has 0 amide bonds. The van der Waals surface area contributed by atoms with Crippen molar-refractivity contribution in [2.45, 2.75) is 39.3 Å². The monoisotopic (exact) mass is 308 g/mol. The first-order valence-corrected chi connectivity index (χ1v) is 8.16. The predicted molar refractivity (Wildman–Crippen MR) is 88.8 cm³/mol. The minimum Gasteiger partial charge on any atom is -0.389 e. The van der Waals surface area contributed by atoms with Crippen LogP contribution in [0.1, 0.15) is 33.0 Å². The third-order valence-electron chi connectivity index (χ3n) is 2.98. The lowest BCUT2D eigenvalue weighted by molar-refractivity contribution is 0.0418. The maximum atomic E-state index is 9.88. The second-order valence-electron chi connectivity index (χ2n) is 6.04. The van der Waals surface area contributed by atoms with Gasteiger partial charge in [0.2, 0.25) is 0 Å². The number of hydrogen-bond donors (Lipinski definition) is 2. The van der Waals surface area contributed by atoms with Crippen molar-refractivity contribution in [3.63, 3.8) is 0 Å². The van der Waals surface area contributed by atoms with Crippen LogP contribution in [0.15, 0.2) is 11.4 Å². The van der Waals surface area contributed by atoms with E-state index in [1.807, 2.05) is 17.3 Å². The Hall–Kier alpha value is -1.24. The summed E-state index contributed by atoms with van der Waals surface area (Å²) in [5, 5.41) is 16.4. The van der Waals surface area contributed by atoms with Crippen LogP contribution in [0.5, 0.6) is 0 Å². The fourth-order valence-electron chi connectivity index (χ4n) is 2.31. The molecular formula is C15H24N4OS. The Morgan fingerprint density at radius 2 is 2.14 bits per heavy atom. The molecule has 2 N–H and O–H groups in total. The Labute approximate surface area is 130 Å². The van der Waals surface area contributed by atoms with E-state index in [0.717, 1.165) is 34.8 Å². The van der Waals surface area contributed by atoms with E-state index in [-0.39, 0.29) is 0 Å². The number of hydrogen-bond acceptors (Lipinski definition) is 6. The van der Waals surface area contributed by atoms with Gasteiger partial charge in [0.25, 0.3) is 0 Å². The smallest absolute Gasteiger partial charge is 0.146 e. The quantitative estimate of drug-likeness (QED) is 0.823. The molecular weight excluding hydrogens is 284 g/mol. The zero-order valence-corrected chi connectivity index (χ0v) is 14.0. The zero-order chi connectivity index (χ0) is 15.5. The first-order chi connectivity index (χ1) is 9.89. The molecule has 0 aliphatic rings. The summed E-state index contributed by atoms with van der Waals surface area (Å²) >= 11 is 1.63. The molecule has 0 unspecified atom stereocenters. The molecule has 0 atom stereocenters. The number of anilines is 1. The molecule has 6 heteroatoms. The van der Waals surface area contributed by atoms with Crippen molar-refractivity contribution in [2.24, 2.45) is 0 Å². The number of nitrogens with zero attached hydrogens (tertiary/aromatic N) is 3. The van der Waals surface area contributed by atoms with Gasteiger partial charge in [-0.3, -0.25) is 4.90 Å². The highest BCUT2D eigenvalue weighted by molar-refractivity contribution is 7.16. The molecule has 2 aromatic rings. The van der Waals surface area contributed by atoms with E-state index >= 15 is 0 Å². The van der Waals surface area contributed by atoms with Crippen molar-refractivity contribution in [1.82, 2.24) is 14.9 Å². The van der Waals surface area contributed by atoms with Gasteiger partial charge in [-0.25, -0.2) is 9.97 Å². The van der Waals surface area contributed by atoms with Crippen molar-refractivity contribution >= 4 is 27.4 Å². The standard InChI is InChI=1S/C15H24N4OS/c1-5-7-16-13-11-6-8-21-14(11)18-12(17-13)9-19(4)10-15(2,3)20/h6,8,20H,5,7,9-10H2,1-4H3,(H,16,17,18). The molecule has 0 bridgehead atoms. The Balaban J connectivity index is 2.19. The van der Waals surface area contributed by atoms with Gasteiger partial charge < -0.3 is 10.4 Å². The second kappa shape index (κ2) is 6.68. The second-order valence-corrected chi connectivity index (χ2v) is 6.93. The van der Waals surface area contributed by atoms with Crippen LogP contribution < -0.4 is 5.32 Å². The van der Waals surface area contributed by atoms with Gasteiger partial charge in [-0.05, 0) is 38.8 Å². The number of rotatable bonds is 7. The van der Waals surface area contributed by atoms with Gasteiger partial charge in [0.05, 0.1) is 17.5 Å². The molecule has 2 heterocycles. The lowest BCUT2D eigenvalue weighted by atomic mass is 10.1. The van der Waals surface area contributed by atoms with Crippen LogP contribution in [0.25, 0.3) is 10.2 Å². The highest BCUT2D eigenvalue weighted by atomic mass is 32.1. The van der Waals surface area contributed by atoms with Gasteiger partial charge in [0.15, 0.2) is 0 Å². The first-order valence-electron chi connectivity index (χ1n) is 7.28. The van der Waals surface area contributed by atoms with Crippen LogP contribution in [0.3, 0.4) is 0 Å². The van der Waals surface area contributed by atoms with Crippen LogP contribution >= 0.6 is 11.3 Å². The SMILES string of the molecule is CCCNc1nc(CN(C)CC(C)(C)O)nc2sccc12. The normalized spacial score (nSPS) is 12.3.